The van der Waals surface area contributed by atoms with Gasteiger partial charge in [0.1, 0.15) is 5.82 Å². The van der Waals surface area contributed by atoms with Crippen molar-refractivity contribution in [3.05, 3.63) is 61.7 Å². The molecule has 0 saturated heterocycles. The van der Waals surface area contributed by atoms with Crippen molar-refractivity contribution in [2.24, 2.45) is 0 Å². The van der Waals surface area contributed by atoms with E-state index in [-0.39, 0.29) is 16.2 Å². The molecule has 0 bridgehead atoms. The molecule has 2 aromatic carbocycles. The summed E-state index contributed by atoms with van der Waals surface area (Å²) < 4.78 is 14.2. The Balaban J connectivity index is 2.23. The molecule has 2 aromatic rings. The number of carbonyl (C=O) groups excluding carboxylic acids is 1. The molecule has 0 heterocycles. The molecule has 6 heteroatoms. The maximum atomic E-state index is 13.1. The van der Waals surface area contributed by atoms with E-state index in [0.717, 1.165) is 4.47 Å². The molecule has 1 N–H and O–H groups in total. The summed E-state index contributed by atoms with van der Waals surface area (Å²) in [4.78, 5) is 12.0. The molecular weight excluding hydrogens is 400 g/mol. The first-order valence-corrected chi connectivity index (χ1v) is 7.15. The summed E-state index contributed by atoms with van der Waals surface area (Å²) in [6, 6.07) is 9.20. The highest BCUT2D eigenvalue weighted by atomic mass is 79.9. The molecule has 0 radical (unpaired) electrons. The number of hydrogen-bond donors (Lipinski definition) is 1. The van der Waals surface area contributed by atoms with Gasteiger partial charge in [-0.3, -0.25) is 4.79 Å². The molecule has 0 spiro atoms. The van der Waals surface area contributed by atoms with Gasteiger partial charge >= 0.3 is 0 Å². The van der Waals surface area contributed by atoms with Gasteiger partial charge in [-0.2, -0.15) is 0 Å². The van der Waals surface area contributed by atoms with E-state index < -0.39 is 0 Å². The van der Waals surface area contributed by atoms with Crippen LogP contribution in [0.15, 0.2) is 45.3 Å². The SMILES string of the molecule is O=C(Nc1ccc(F)c(Br)c1)c1ccc(Br)cc1Cl. The van der Waals surface area contributed by atoms with E-state index in [1.807, 2.05) is 0 Å². The van der Waals surface area contributed by atoms with E-state index in [2.05, 4.69) is 37.2 Å². The van der Waals surface area contributed by atoms with Gasteiger partial charge in [0.2, 0.25) is 0 Å². The standard InChI is InChI=1S/C13H7Br2ClFNO/c14-7-1-3-9(11(16)5-7)13(19)18-8-2-4-12(17)10(15)6-8/h1-6H,(H,18,19). The molecule has 0 aliphatic carbocycles. The van der Waals surface area contributed by atoms with Crippen LogP contribution in [0, 0.1) is 5.82 Å². The third kappa shape index (κ3) is 3.55. The molecule has 1 amide bonds. The summed E-state index contributed by atoms with van der Waals surface area (Å²) in [6.45, 7) is 0. The molecule has 2 rings (SSSR count). The second-order valence-corrected chi connectivity index (χ2v) is 5.88. The Bertz CT molecular complexity index is 649. The van der Waals surface area contributed by atoms with E-state index in [9.17, 15) is 9.18 Å². The number of benzene rings is 2. The average molecular weight is 407 g/mol. The minimum atomic E-state index is -0.389. The Labute approximate surface area is 131 Å². The fraction of sp³-hybridized carbons (Fsp3) is 0. The summed E-state index contributed by atoms with van der Waals surface area (Å²) in [5.74, 6) is -0.740. The first-order chi connectivity index (χ1) is 8.97. The molecule has 0 saturated carbocycles. The van der Waals surface area contributed by atoms with Gasteiger partial charge in [-0.15, -0.1) is 0 Å². The van der Waals surface area contributed by atoms with Crippen LogP contribution in [0.5, 0.6) is 0 Å². The van der Waals surface area contributed by atoms with Crippen molar-refractivity contribution in [1.82, 2.24) is 0 Å². The number of halogens is 4. The minimum Gasteiger partial charge on any atom is -0.322 e. The smallest absolute Gasteiger partial charge is 0.257 e. The Kier molecular flexibility index (Phi) is 4.60. The van der Waals surface area contributed by atoms with Crippen LogP contribution in [0.1, 0.15) is 10.4 Å². The van der Waals surface area contributed by atoms with Gasteiger partial charge < -0.3 is 5.32 Å². The minimum absolute atomic E-state index is 0.284. The highest BCUT2D eigenvalue weighted by molar-refractivity contribution is 9.10. The second kappa shape index (κ2) is 6.03. The third-order valence-electron chi connectivity index (χ3n) is 2.35. The average Bonchev–Trinajstić information content (AvgIpc) is 2.33. The molecule has 0 aliphatic rings. The van der Waals surface area contributed by atoms with Crippen LogP contribution in [-0.4, -0.2) is 5.91 Å². The maximum Gasteiger partial charge on any atom is 0.257 e. The lowest BCUT2D eigenvalue weighted by molar-refractivity contribution is 0.102. The van der Waals surface area contributed by atoms with Crippen molar-refractivity contribution in [2.75, 3.05) is 5.32 Å². The van der Waals surface area contributed by atoms with Crippen LogP contribution in [-0.2, 0) is 0 Å². The first kappa shape index (κ1) is 14.5. The number of nitrogens with one attached hydrogen (secondary N) is 1. The van der Waals surface area contributed by atoms with Crippen LogP contribution < -0.4 is 5.32 Å². The number of anilines is 1. The molecule has 0 fully saturated rings. The van der Waals surface area contributed by atoms with E-state index in [0.29, 0.717) is 16.3 Å². The summed E-state index contributed by atoms with van der Waals surface area (Å²) >= 11 is 12.3. The fourth-order valence-electron chi connectivity index (χ4n) is 1.45. The lowest BCUT2D eigenvalue weighted by atomic mass is 10.2. The van der Waals surface area contributed by atoms with Crippen LogP contribution in [0.25, 0.3) is 0 Å². The largest absolute Gasteiger partial charge is 0.322 e. The predicted octanol–water partition coefficient (Wildman–Crippen LogP) is 5.26. The van der Waals surface area contributed by atoms with Crippen molar-refractivity contribution >= 4 is 55.1 Å². The normalized spacial score (nSPS) is 10.3. The highest BCUT2D eigenvalue weighted by Crippen LogP contribution is 2.24. The number of hydrogen-bond acceptors (Lipinski definition) is 1. The maximum absolute atomic E-state index is 13.1. The van der Waals surface area contributed by atoms with Crippen LogP contribution in [0.3, 0.4) is 0 Å². The van der Waals surface area contributed by atoms with Gasteiger partial charge in [-0.1, -0.05) is 27.5 Å². The quantitative estimate of drug-likeness (QED) is 0.723. The number of carbonyl (C=O) groups is 1. The third-order valence-corrected chi connectivity index (χ3v) is 3.77. The number of rotatable bonds is 2. The predicted molar refractivity (Wildman–Crippen MR) is 81.2 cm³/mol. The van der Waals surface area contributed by atoms with E-state index in [1.165, 1.54) is 18.2 Å². The first-order valence-electron chi connectivity index (χ1n) is 5.19. The lowest BCUT2D eigenvalue weighted by Gasteiger charge is -2.07. The highest BCUT2D eigenvalue weighted by Gasteiger charge is 2.11. The van der Waals surface area contributed by atoms with Crippen LogP contribution in [0.4, 0.5) is 10.1 Å². The summed E-state index contributed by atoms with van der Waals surface area (Å²) in [7, 11) is 0. The van der Waals surface area contributed by atoms with Gasteiger partial charge in [0.25, 0.3) is 5.91 Å². The summed E-state index contributed by atoms with van der Waals surface area (Å²) in [6.07, 6.45) is 0. The van der Waals surface area contributed by atoms with Gasteiger partial charge in [-0.25, -0.2) is 4.39 Å². The zero-order valence-electron chi connectivity index (χ0n) is 9.38. The van der Waals surface area contributed by atoms with Gasteiger partial charge in [0.05, 0.1) is 15.1 Å². The zero-order valence-corrected chi connectivity index (χ0v) is 13.3. The molecule has 98 valence electrons. The van der Waals surface area contributed by atoms with Crippen molar-refractivity contribution in [2.45, 2.75) is 0 Å². The molecular formula is C13H7Br2ClFNO. The second-order valence-electron chi connectivity index (χ2n) is 3.71. The monoisotopic (exact) mass is 405 g/mol. The molecule has 0 unspecified atom stereocenters. The topological polar surface area (TPSA) is 29.1 Å². The van der Waals surface area contributed by atoms with E-state index >= 15 is 0 Å². The van der Waals surface area contributed by atoms with Gasteiger partial charge in [0, 0.05) is 10.2 Å². The lowest BCUT2D eigenvalue weighted by Crippen LogP contribution is -2.12. The zero-order chi connectivity index (χ0) is 14.0. The van der Waals surface area contributed by atoms with Crippen LogP contribution >= 0.6 is 43.5 Å². The van der Waals surface area contributed by atoms with Crippen molar-refractivity contribution in [1.29, 1.82) is 0 Å². The molecule has 0 aliphatic heterocycles. The van der Waals surface area contributed by atoms with E-state index in [4.69, 9.17) is 11.6 Å². The van der Waals surface area contributed by atoms with Crippen LogP contribution in [0.2, 0.25) is 5.02 Å². The van der Waals surface area contributed by atoms with Crippen molar-refractivity contribution in [3.8, 4) is 0 Å². The Hall–Kier alpha value is -0.910. The Morgan fingerprint density at radius 3 is 2.53 bits per heavy atom. The van der Waals surface area contributed by atoms with Crippen molar-refractivity contribution in [3.63, 3.8) is 0 Å². The molecule has 19 heavy (non-hydrogen) atoms. The van der Waals surface area contributed by atoms with E-state index in [1.54, 1.807) is 18.2 Å². The summed E-state index contributed by atoms with van der Waals surface area (Å²) in [5.41, 5.74) is 0.836. The van der Waals surface area contributed by atoms with Gasteiger partial charge in [-0.05, 0) is 52.3 Å². The van der Waals surface area contributed by atoms with Crippen molar-refractivity contribution < 1.29 is 9.18 Å². The van der Waals surface area contributed by atoms with Gasteiger partial charge in [0.15, 0.2) is 0 Å². The molecule has 2 nitrogen and oxygen atoms in total. The molecule has 0 atom stereocenters. The Morgan fingerprint density at radius 2 is 1.89 bits per heavy atom. The summed E-state index contributed by atoms with van der Waals surface area (Å²) in [5, 5.41) is 2.99. The molecule has 0 aromatic heterocycles. The Morgan fingerprint density at radius 1 is 1.16 bits per heavy atom. The fourth-order valence-corrected chi connectivity index (χ4v) is 2.58. The number of amides is 1.